The van der Waals surface area contributed by atoms with Crippen molar-refractivity contribution in [2.75, 3.05) is 13.2 Å². The molecule has 0 spiro atoms. The van der Waals surface area contributed by atoms with Crippen molar-refractivity contribution in [2.24, 2.45) is 0 Å². The van der Waals surface area contributed by atoms with Crippen LogP contribution in [0.2, 0.25) is 0 Å². The summed E-state index contributed by atoms with van der Waals surface area (Å²) in [6, 6.07) is 0. The maximum absolute atomic E-state index is 12.4. The van der Waals surface area contributed by atoms with Gasteiger partial charge in [-0.15, -0.1) is 0 Å². The lowest BCUT2D eigenvalue weighted by Crippen LogP contribution is -2.29. The average Bonchev–Trinajstić information content (AvgIpc) is 3.07. The zero-order valence-corrected chi connectivity index (χ0v) is 33.0. The van der Waals surface area contributed by atoms with Crippen LogP contribution in [-0.2, 0) is 28.2 Å². The van der Waals surface area contributed by atoms with Gasteiger partial charge in [0.25, 0.3) is 0 Å². The predicted molar refractivity (Wildman–Crippen MR) is 203 cm³/mol. The van der Waals surface area contributed by atoms with Crippen LogP contribution in [0.3, 0.4) is 0 Å². The van der Waals surface area contributed by atoms with Crippen molar-refractivity contribution < 1.29 is 37.9 Å². The number of hydrogen-bond donors (Lipinski definition) is 2. The lowest BCUT2D eigenvalue weighted by Gasteiger charge is -2.18. The van der Waals surface area contributed by atoms with E-state index >= 15 is 0 Å². The zero-order chi connectivity index (χ0) is 36.1. The molecule has 1 atom stereocenters. The molecule has 0 aliphatic rings. The molecule has 0 radical (unpaired) electrons. The van der Waals surface area contributed by atoms with E-state index in [4.69, 9.17) is 19.3 Å². The minimum atomic E-state index is -4.74. The fourth-order valence-corrected chi connectivity index (χ4v) is 6.62. The first-order valence-electron chi connectivity index (χ1n) is 20.8. The Bertz CT molecular complexity index is 771. The minimum absolute atomic E-state index is 0.220. The van der Waals surface area contributed by atoms with Crippen LogP contribution in [0.4, 0.5) is 0 Å². The zero-order valence-electron chi connectivity index (χ0n) is 32.1. The minimum Gasteiger partial charge on any atom is -0.462 e. The van der Waals surface area contributed by atoms with E-state index in [0.717, 1.165) is 32.1 Å². The van der Waals surface area contributed by atoms with Crippen molar-refractivity contribution in [3.63, 3.8) is 0 Å². The van der Waals surface area contributed by atoms with Crippen LogP contribution in [0.5, 0.6) is 0 Å². The number of hydrogen-bond acceptors (Lipinski definition) is 6. The van der Waals surface area contributed by atoms with Gasteiger partial charge in [0.15, 0.2) is 6.10 Å². The maximum Gasteiger partial charge on any atom is 0.469 e. The van der Waals surface area contributed by atoms with Gasteiger partial charge in [0.05, 0.1) is 6.61 Å². The highest BCUT2D eigenvalue weighted by Gasteiger charge is 2.22. The highest BCUT2D eigenvalue weighted by Crippen LogP contribution is 2.36. The quantitative estimate of drug-likeness (QED) is 0.0366. The smallest absolute Gasteiger partial charge is 0.462 e. The highest BCUT2D eigenvalue weighted by atomic mass is 31.2. The number of phosphoric ester groups is 1. The molecule has 0 fully saturated rings. The molecular formula is C40H79O8P. The third-order valence-electron chi connectivity index (χ3n) is 9.38. The predicted octanol–water partition coefficient (Wildman–Crippen LogP) is 12.5. The van der Waals surface area contributed by atoms with E-state index in [2.05, 4.69) is 18.4 Å². The van der Waals surface area contributed by atoms with E-state index in [1.807, 2.05) is 0 Å². The first-order valence-corrected chi connectivity index (χ1v) is 22.4. The second kappa shape index (κ2) is 36.8. The molecular weight excluding hydrogens is 639 g/mol. The number of carbonyl (C=O) groups is 2. The molecule has 0 aromatic carbocycles. The summed E-state index contributed by atoms with van der Waals surface area (Å²) in [4.78, 5) is 42.8. The molecule has 0 saturated heterocycles. The molecule has 0 amide bonds. The van der Waals surface area contributed by atoms with E-state index in [1.54, 1.807) is 0 Å². The van der Waals surface area contributed by atoms with Crippen molar-refractivity contribution >= 4 is 19.8 Å². The van der Waals surface area contributed by atoms with Gasteiger partial charge in [-0.3, -0.25) is 14.1 Å². The Balaban J connectivity index is 3.84. The van der Waals surface area contributed by atoms with Crippen molar-refractivity contribution in [1.29, 1.82) is 0 Å². The number of esters is 2. The van der Waals surface area contributed by atoms with Crippen LogP contribution in [0.25, 0.3) is 0 Å². The summed E-state index contributed by atoms with van der Waals surface area (Å²) in [5.74, 6) is -0.869. The Hall–Kier alpha value is -0.950. The molecule has 292 valence electrons. The lowest BCUT2D eigenvalue weighted by atomic mass is 10.0. The standard InChI is InChI=1S/C40H79O8P/c1-3-5-7-9-11-13-15-17-18-19-20-21-22-23-25-27-29-31-33-35-40(42)48-38(37-47-49(43,44)45)36-46-39(41)34-32-30-28-26-24-16-14-12-10-8-6-4-2/h38H,3-37H2,1-2H3,(H2,43,44,45). The Morgan fingerprint density at radius 1 is 0.449 bits per heavy atom. The fraction of sp³-hybridized carbons (Fsp3) is 0.950. The molecule has 49 heavy (non-hydrogen) atoms. The molecule has 1 unspecified atom stereocenters. The summed E-state index contributed by atoms with van der Waals surface area (Å²) in [6.45, 7) is 3.71. The number of rotatable bonds is 39. The van der Waals surface area contributed by atoms with Gasteiger partial charge in [-0.1, -0.05) is 200 Å². The molecule has 0 rings (SSSR count). The molecule has 0 bridgehead atoms. The number of ether oxygens (including phenoxy) is 2. The molecule has 0 heterocycles. The van der Waals surface area contributed by atoms with E-state index in [1.165, 1.54) is 161 Å². The summed E-state index contributed by atoms with van der Waals surface area (Å²) < 4.78 is 26.4. The molecule has 8 nitrogen and oxygen atoms in total. The fourth-order valence-electron chi connectivity index (χ4n) is 6.26. The van der Waals surface area contributed by atoms with Crippen LogP contribution in [-0.4, -0.2) is 41.0 Å². The second-order valence-corrected chi connectivity index (χ2v) is 15.6. The molecule has 9 heteroatoms. The van der Waals surface area contributed by atoms with Gasteiger partial charge in [-0.2, -0.15) is 0 Å². The van der Waals surface area contributed by atoms with E-state index < -0.39 is 32.5 Å². The van der Waals surface area contributed by atoms with Gasteiger partial charge < -0.3 is 19.3 Å². The highest BCUT2D eigenvalue weighted by molar-refractivity contribution is 7.46. The number of carbonyl (C=O) groups excluding carboxylic acids is 2. The summed E-state index contributed by atoms with van der Waals surface area (Å²) in [5, 5.41) is 0. The molecule has 0 aliphatic carbocycles. The second-order valence-electron chi connectivity index (χ2n) is 14.3. The van der Waals surface area contributed by atoms with Crippen molar-refractivity contribution in [3.8, 4) is 0 Å². The van der Waals surface area contributed by atoms with Crippen LogP contribution < -0.4 is 0 Å². The van der Waals surface area contributed by atoms with Gasteiger partial charge in [-0.25, -0.2) is 4.57 Å². The van der Waals surface area contributed by atoms with Crippen LogP contribution in [0, 0.1) is 0 Å². The number of phosphoric acid groups is 1. The molecule has 0 aromatic rings. The van der Waals surface area contributed by atoms with Crippen molar-refractivity contribution in [1.82, 2.24) is 0 Å². The van der Waals surface area contributed by atoms with Crippen molar-refractivity contribution in [3.05, 3.63) is 0 Å². The van der Waals surface area contributed by atoms with Gasteiger partial charge in [0.1, 0.15) is 6.61 Å². The normalized spacial score (nSPS) is 12.3. The van der Waals surface area contributed by atoms with Gasteiger partial charge in [0, 0.05) is 12.8 Å². The first-order chi connectivity index (χ1) is 23.8. The largest absolute Gasteiger partial charge is 0.469 e. The Morgan fingerprint density at radius 3 is 1.04 bits per heavy atom. The average molecular weight is 719 g/mol. The summed E-state index contributed by atoms with van der Waals surface area (Å²) in [7, 11) is -4.74. The van der Waals surface area contributed by atoms with E-state index in [9.17, 15) is 14.2 Å². The summed E-state index contributed by atoms with van der Waals surface area (Å²) in [5.41, 5.74) is 0. The van der Waals surface area contributed by atoms with E-state index in [-0.39, 0.29) is 19.4 Å². The van der Waals surface area contributed by atoms with Crippen LogP contribution in [0.15, 0.2) is 0 Å². The maximum atomic E-state index is 12.4. The third-order valence-corrected chi connectivity index (χ3v) is 9.86. The molecule has 0 saturated carbocycles. The van der Waals surface area contributed by atoms with Gasteiger partial charge >= 0.3 is 19.8 Å². The third kappa shape index (κ3) is 39.7. The van der Waals surface area contributed by atoms with Crippen LogP contribution >= 0.6 is 7.82 Å². The lowest BCUT2D eigenvalue weighted by molar-refractivity contribution is -0.161. The SMILES string of the molecule is CCCCCCCCCCCCCCCCCCCCCC(=O)OC(COC(=O)CCCCCCCCCCCCCC)COP(=O)(O)O. The van der Waals surface area contributed by atoms with Crippen molar-refractivity contribution in [2.45, 2.75) is 232 Å². The van der Waals surface area contributed by atoms with Crippen LogP contribution in [0.1, 0.15) is 226 Å². The Labute approximate surface area is 302 Å². The summed E-state index contributed by atoms with van der Waals surface area (Å²) in [6.07, 6.45) is 38.3. The Kier molecular flexibility index (Phi) is 36.1. The first kappa shape index (κ1) is 48.0. The number of unbranched alkanes of at least 4 members (excludes halogenated alkanes) is 29. The Morgan fingerprint density at radius 2 is 0.735 bits per heavy atom. The van der Waals surface area contributed by atoms with Gasteiger partial charge in [-0.05, 0) is 12.8 Å². The molecule has 0 aromatic heterocycles. The molecule has 0 aliphatic heterocycles. The topological polar surface area (TPSA) is 119 Å². The summed E-state index contributed by atoms with van der Waals surface area (Å²) >= 11 is 0. The molecule has 2 N–H and O–H groups in total. The monoisotopic (exact) mass is 719 g/mol. The van der Waals surface area contributed by atoms with Gasteiger partial charge in [0.2, 0.25) is 0 Å². The van der Waals surface area contributed by atoms with E-state index in [0.29, 0.717) is 6.42 Å².